The van der Waals surface area contributed by atoms with Crippen LogP contribution in [0.4, 0.5) is 5.69 Å². The molecule has 0 atom stereocenters. The highest BCUT2D eigenvalue weighted by Crippen LogP contribution is 2.30. The average molecular weight is 321 g/mol. The number of nitrogens with one attached hydrogen (secondary N) is 1. The highest BCUT2D eigenvalue weighted by atomic mass is 79.9. The number of hydrogen-bond donors (Lipinski definition) is 1. The van der Waals surface area contributed by atoms with Gasteiger partial charge in [0.15, 0.2) is 0 Å². The van der Waals surface area contributed by atoms with Crippen LogP contribution in [-0.4, -0.2) is 0 Å². The van der Waals surface area contributed by atoms with Crippen molar-refractivity contribution in [3.63, 3.8) is 0 Å². The van der Waals surface area contributed by atoms with Crippen LogP contribution in [-0.2, 0) is 6.54 Å². The van der Waals surface area contributed by atoms with E-state index in [4.69, 9.17) is 27.6 Å². The van der Waals surface area contributed by atoms with E-state index < -0.39 is 0 Å². The Balaban J connectivity index is 2.11. The fraction of sp³-hybridized carbons (Fsp3) is 0.0909. The van der Waals surface area contributed by atoms with Gasteiger partial charge in [-0.25, -0.2) is 0 Å². The largest absolute Gasteiger partial charge is 0.466 e. The standard InChI is InChI=1S/C11H8BrCl2NO/c12-7-4-5-16-10(7)6-15-9-3-1-2-8(13)11(9)14/h1-5,15H,6H2. The number of furan rings is 1. The maximum atomic E-state index is 6.04. The molecule has 0 aliphatic carbocycles. The molecular weight excluding hydrogens is 313 g/mol. The van der Waals surface area contributed by atoms with Gasteiger partial charge < -0.3 is 9.73 Å². The first kappa shape index (κ1) is 11.8. The molecule has 2 aromatic rings. The van der Waals surface area contributed by atoms with E-state index in [2.05, 4.69) is 21.2 Å². The molecule has 0 aliphatic rings. The lowest BCUT2D eigenvalue weighted by atomic mass is 10.3. The first-order chi connectivity index (χ1) is 7.68. The molecule has 2 nitrogen and oxygen atoms in total. The van der Waals surface area contributed by atoms with Crippen molar-refractivity contribution in [3.05, 3.63) is 50.8 Å². The Bertz CT molecular complexity index is 498. The lowest BCUT2D eigenvalue weighted by Crippen LogP contribution is -1.99. The van der Waals surface area contributed by atoms with Crippen molar-refractivity contribution in [2.75, 3.05) is 5.32 Å². The molecule has 0 amide bonds. The Hall–Kier alpha value is -0.640. The minimum Gasteiger partial charge on any atom is -0.466 e. The zero-order chi connectivity index (χ0) is 11.5. The van der Waals surface area contributed by atoms with Crippen LogP contribution in [0.1, 0.15) is 5.76 Å². The van der Waals surface area contributed by atoms with Gasteiger partial charge in [-0.3, -0.25) is 0 Å². The van der Waals surface area contributed by atoms with Gasteiger partial charge >= 0.3 is 0 Å². The van der Waals surface area contributed by atoms with Gasteiger partial charge in [-0.05, 0) is 34.1 Å². The molecule has 0 bridgehead atoms. The summed E-state index contributed by atoms with van der Waals surface area (Å²) in [5, 5.41) is 4.21. The van der Waals surface area contributed by atoms with Crippen LogP contribution in [0.2, 0.25) is 10.0 Å². The van der Waals surface area contributed by atoms with Crippen molar-refractivity contribution >= 4 is 44.8 Å². The van der Waals surface area contributed by atoms with E-state index in [1.54, 1.807) is 12.3 Å². The number of hydrogen-bond acceptors (Lipinski definition) is 2. The molecule has 0 aliphatic heterocycles. The third-order valence-electron chi connectivity index (χ3n) is 2.08. The van der Waals surface area contributed by atoms with Crippen molar-refractivity contribution in [2.45, 2.75) is 6.54 Å². The van der Waals surface area contributed by atoms with E-state index >= 15 is 0 Å². The van der Waals surface area contributed by atoms with Gasteiger partial charge in [-0.1, -0.05) is 29.3 Å². The smallest absolute Gasteiger partial charge is 0.136 e. The van der Waals surface area contributed by atoms with Gasteiger partial charge in [-0.2, -0.15) is 0 Å². The van der Waals surface area contributed by atoms with E-state index in [1.165, 1.54) is 0 Å². The molecule has 0 saturated heterocycles. The highest BCUT2D eigenvalue weighted by Gasteiger charge is 2.06. The minimum atomic E-state index is 0.520. The normalized spacial score (nSPS) is 10.4. The van der Waals surface area contributed by atoms with Crippen LogP contribution >= 0.6 is 39.1 Å². The fourth-order valence-electron chi connectivity index (χ4n) is 1.27. The number of benzene rings is 1. The SMILES string of the molecule is Clc1cccc(NCc2occc2Br)c1Cl. The first-order valence-corrected chi connectivity index (χ1v) is 6.13. The zero-order valence-corrected chi connectivity index (χ0v) is 11.2. The minimum absolute atomic E-state index is 0.520. The summed E-state index contributed by atoms with van der Waals surface area (Å²) in [5.74, 6) is 0.816. The highest BCUT2D eigenvalue weighted by molar-refractivity contribution is 9.10. The summed E-state index contributed by atoms with van der Waals surface area (Å²) >= 11 is 15.3. The second kappa shape index (κ2) is 5.13. The Kier molecular flexibility index (Phi) is 3.79. The summed E-state index contributed by atoms with van der Waals surface area (Å²) in [6, 6.07) is 7.30. The van der Waals surface area contributed by atoms with Crippen LogP contribution in [0.5, 0.6) is 0 Å². The quantitative estimate of drug-likeness (QED) is 0.864. The van der Waals surface area contributed by atoms with Crippen molar-refractivity contribution in [1.29, 1.82) is 0 Å². The first-order valence-electron chi connectivity index (χ1n) is 4.58. The molecule has 84 valence electrons. The molecule has 0 radical (unpaired) electrons. The van der Waals surface area contributed by atoms with E-state index in [9.17, 15) is 0 Å². The summed E-state index contributed by atoms with van der Waals surface area (Å²) < 4.78 is 6.20. The molecule has 1 aromatic carbocycles. The topological polar surface area (TPSA) is 25.2 Å². The molecule has 0 spiro atoms. The summed E-state index contributed by atoms with van der Waals surface area (Å²) in [4.78, 5) is 0. The molecule has 0 fully saturated rings. The summed E-state index contributed by atoms with van der Waals surface area (Å²) in [6.07, 6.45) is 1.63. The Morgan fingerprint density at radius 3 is 2.75 bits per heavy atom. The maximum Gasteiger partial charge on any atom is 0.136 e. The Morgan fingerprint density at radius 2 is 2.06 bits per heavy atom. The van der Waals surface area contributed by atoms with E-state index in [1.807, 2.05) is 18.2 Å². The average Bonchev–Trinajstić information content (AvgIpc) is 2.67. The van der Waals surface area contributed by atoms with Crippen LogP contribution in [0.3, 0.4) is 0 Å². The van der Waals surface area contributed by atoms with Crippen molar-refractivity contribution < 1.29 is 4.42 Å². The van der Waals surface area contributed by atoms with Crippen molar-refractivity contribution in [2.24, 2.45) is 0 Å². The Labute approximate surface area is 112 Å². The molecule has 1 N–H and O–H groups in total. The monoisotopic (exact) mass is 319 g/mol. The maximum absolute atomic E-state index is 6.04. The van der Waals surface area contributed by atoms with Gasteiger partial charge in [0.25, 0.3) is 0 Å². The van der Waals surface area contributed by atoms with Gasteiger partial charge in [0, 0.05) is 0 Å². The van der Waals surface area contributed by atoms with Crippen LogP contribution < -0.4 is 5.32 Å². The van der Waals surface area contributed by atoms with E-state index in [0.29, 0.717) is 16.6 Å². The molecule has 16 heavy (non-hydrogen) atoms. The van der Waals surface area contributed by atoms with Gasteiger partial charge in [-0.15, -0.1) is 0 Å². The number of halogens is 3. The van der Waals surface area contributed by atoms with E-state index in [-0.39, 0.29) is 0 Å². The van der Waals surface area contributed by atoms with Gasteiger partial charge in [0.1, 0.15) is 5.76 Å². The van der Waals surface area contributed by atoms with E-state index in [0.717, 1.165) is 15.9 Å². The van der Waals surface area contributed by atoms with Crippen LogP contribution in [0.15, 0.2) is 39.4 Å². The summed E-state index contributed by atoms with van der Waals surface area (Å²) in [5.41, 5.74) is 0.789. The Morgan fingerprint density at radius 1 is 1.25 bits per heavy atom. The molecular formula is C11H8BrCl2NO. The molecule has 1 heterocycles. The molecule has 2 rings (SSSR count). The third-order valence-corrected chi connectivity index (χ3v) is 3.61. The summed E-state index contributed by atoms with van der Waals surface area (Å²) in [7, 11) is 0. The molecule has 5 heteroatoms. The number of anilines is 1. The lowest BCUT2D eigenvalue weighted by Gasteiger charge is -2.07. The molecule has 1 aromatic heterocycles. The predicted octanol–water partition coefficient (Wildman–Crippen LogP) is 4.96. The molecule has 0 saturated carbocycles. The second-order valence-electron chi connectivity index (χ2n) is 3.15. The third kappa shape index (κ3) is 2.54. The van der Waals surface area contributed by atoms with Crippen molar-refractivity contribution in [1.82, 2.24) is 0 Å². The lowest BCUT2D eigenvalue weighted by molar-refractivity contribution is 0.516. The zero-order valence-electron chi connectivity index (χ0n) is 8.14. The van der Waals surface area contributed by atoms with Gasteiger partial charge in [0.05, 0.1) is 33.0 Å². The number of rotatable bonds is 3. The van der Waals surface area contributed by atoms with Crippen molar-refractivity contribution in [3.8, 4) is 0 Å². The fourth-order valence-corrected chi connectivity index (χ4v) is 1.98. The van der Waals surface area contributed by atoms with Crippen LogP contribution in [0.25, 0.3) is 0 Å². The molecule has 0 unspecified atom stereocenters. The predicted molar refractivity (Wildman–Crippen MR) is 70.2 cm³/mol. The second-order valence-corrected chi connectivity index (χ2v) is 4.79. The summed E-state index contributed by atoms with van der Waals surface area (Å²) in [6.45, 7) is 0.549. The van der Waals surface area contributed by atoms with Crippen LogP contribution in [0, 0.1) is 0 Å². The van der Waals surface area contributed by atoms with Gasteiger partial charge in [0.2, 0.25) is 0 Å².